The highest BCUT2D eigenvalue weighted by Gasteiger charge is 2.20. The first-order chi connectivity index (χ1) is 13.1. The molecule has 27 heavy (non-hydrogen) atoms. The first kappa shape index (κ1) is 19.8. The molecule has 1 amide bonds. The highest BCUT2D eigenvalue weighted by Crippen LogP contribution is 2.23. The number of halogens is 2. The standard InChI is InChI=1S/C20H22F2N2O2S/c21-16-6-7-19(17(22)12-16)27-14-20(25)23-18(15-4-2-1-3-5-15)13-24-8-10-26-11-9-24/h1-7,12,18H,8-11,13-14H2,(H,23,25). The Morgan fingerprint density at radius 2 is 1.89 bits per heavy atom. The number of nitrogens with one attached hydrogen (secondary N) is 1. The third kappa shape index (κ3) is 6.02. The van der Waals surface area contributed by atoms with E-state index in [1.165, 1.54) is 12.1 Å². The van der Waals surface area contributed by atoms with Crippen LogP contribution in [0.3, 0.4) is 0 Å². The topological polar surface area (TPSA) is 41.6 Å². The highest BCUT2D eigenvalue weighted by molar-refractivity contribution is 8.00. The molecular weight excluding hydrogens is 370 g/mol. The van der Waals surface area contributed by atoms with Crippen LogP contribution in [-0.2, 0) is 9.53 Å². The maximum atomic E-state index is 13.7. The summed E-state index contributed by atoms with van der Waals surface area (Å²) in [6.45, 7) is 3.72. The molecule has 1 aliphatic rings. The van der Waals surface area contributed by atoms with Crippen molar-refractivity contribution in [1.29, 1.82) is 0 Å². The van der Waals surface area contributed by atoms with Crippen molar-refractivity contribution >= 4 is 17.7 Å². The minimum atomic E-state index is -0.652. The zero-order valence-corrected chi connectivity index (χ0v) is 15.7. The van der Waals surface area contributed by atoms with Gasteiger partial charge in [0.25, 0.3) is 0 Å². The number of carbonyl (C=O) groups excluding carboxylic acids is 1. The second-order valence-electron chi connectivity index (χ2n) is 6.31. The SMILES string of the molecule is O=C(CSc1ccc(F)cc1F)NC(CN1CCOCC1)c1ccccc1. The molecule has 0 saturated carbocycles. The summed E-state index contributed by atoms with van der Waals surface area (Å²) in [5.41, 5.74) is 1.02. The minimum Gasteiger partial charge on any atom is -0.379 e. The fraction of sp³-hybridized carbons (Fsp3) is 0.350. The number of hydrogen-bond donors (Lipinski definition) is 1. The van der Waals surface area contributed by atoms with E-state index in [1.807, 2.05) is 30.3 Å². The molecule has 0 aromatic heterocycles. The van der Waals surface area contributed by atoms with Gasteiger partial charge in [-0.25, -0.2) is 8.78 Å². The fourth-order valence-corrected chi connectivity index (χ4v) is 3.66. The number of morpholine rings is 1. The molecule has 1 N–H and O–H groups in total. The van der Waals surface area contributed by atoms with Crippen LogP contribution >= 0.6 is 11.8 Å². The third-order valence-corrected chi connectivity index (χ3v) is 5.38. The molecule has 1 heterocycles. The Balaban J connectivity index is 1.61. The Labute approximate surface area is 161 Å². The van der Waals surface area contributed by atoms with E-state index in [4.69, 9.17) is 4.74 Å². The van der Waals surface area contributed by atoms with Gasteiger partial charge in [-0.2, -0.15) is 0 Å². The molecule has 4 nitrogen and oxygen atoms in total. The van der Waals surface area contributed by atoms with Crippen molar-refractivity contribution in [3.8, 4) is 0 Å². The predicted molar refractivity (Wildman–Crippen MR) is 102 cm³/mol. The number of carbonyl (C=O) groups is 1. The predicted octanol–water partition coefficient (Wildman–Crippen LogP) is 3.25. The van der Waals surface area contributed by atoms with E-state index < -0.39 is 11.6 Å². The lowest BCUT2D eigenvalue weighted by atomic mass is 10.1. The molecule has 2 aromatic rings. The van der Waals surface area contributed by atoms with Gasteiger partial charge in [0.1, 0.15) is 11.6 Å². The molecule has 3 rings (SSSR count). The van der Waals surface area contributed by atoms with Gasteiger partial charge in [-0.05, 0) is 17.7 Å². The van der Waals surface area contributed by atoms with Crippen LogP contribution in [0.4, 0.5) is 8.78 Å². The molecule has 1 fully saturated rings. The smallest absolute Gasteiger partial charge is 0.230 e. The van der Waals surface area contributed by atoms with Gasteiger partial charge in [-0.3, -0.25) is 9.69 Å². The summed E-state index contributed by atoms with van der Waals surface area (Å²) in [5.74, 6) is -1.41. The Morgan fingerprint density at radius 1 is 1.15 bits per heavy atom. The lowest BCUT2D eigenvalue weighted by Gasteiger charge is -2.31. The van der Waals surface area contributed by atoms with Crippen LogP contribution in [0.5, 0.6) is 0 Å². The van der Waals surface area contributed by atoms with Gasteiger partial charge in [0.15, 0.2) is 0 Å². The van der Waals surface area contributed by atoms with Gasteiger partial charge in [-0.1, -0.05) is 30.3 Å². The van der Waals surface area contributed by atoms with E-state index in [0.29, 0.717) is 19.8 Å². The van der Waals surface area contributed by atoms with Crippen molar-refractivity contribution in [3.63, 3.8) is 0 Å². The van der Waals surface area contributed by atoms with Crippen molar-refractivity contribution in [3.05, 3.63) is 65.7 Å². The molecule has 1 aliphatic heterocycles. The van der Waals surface area contributed by atoms with Crippen molar-refractivity contribution in [2.75, 3.05) is 38.6 Å². The molecule has 144 valence electrons. The zero-order valence-electron chi connectivity index (χ0n) is 14.9. The Morgan fingerprint density at radius 3 is 2.59 bits per heavy atom. The van der Waals surface area contributed by atoms with Crippen LogP contribution in [0.1, 0.15) is 11.6 Å². The van der Waals surface area contributed by atoms with E-state index in [0.717, 1.165) is 36.5 Å². The van der Waals surface area contributed by atoms with Crippen LogP contribution in [0, 0.1) is 11.6 Å². The van der Waals surface area contributed by atoms with Crippen LogP contribution < -0.4 is 5.32 Å². The molecule has 1 unspecified atom stereocenters. The quantitative estimate of drug-likeness (QED) is 0.735. The van der Waals surface area contributed by atoms with Crippen LogP contribution in [-0.4, -0.2) is 49.4 Å². The number of benzene rings is 2. The van der Waals surface area contributed by atoms with Gasteiger partial charge in [-0.15, -0.1) is 11.8 Å². The van der Waals surface area contributed by atoms with Crippen LogP contribution in [0.2, 0.25) is 0 Å². The van der Waals surface area contributed by atoms with Crippen LogP contribution in [0.25, 0.3) is 0 Å². The third-order valence-electron chi connectivity index (χ3n) is 4.33. The van der Waals surface area contributed by atoms with Gasteiger partial charge in [0, 0.05) is 30.6 Å². The van der Waals surface area contributed by atoms with Gasteiger partial charge < -0.3 is 10.1 Å². The lowest BCUT2D eigenvalue weighted by molar-refractivity contribution is -0.119. The largest absolute Gasteiger partial charge is 0.379 e. The van der Waals surface area contributed by atoms with E-state index in [1.54, 1.807) is 0 Å². The molecular formula is C20H22F2N2O2S. The monoisotopic (exact) mass is 392 g/mol. The second-order valence-corrected chi connectivity index (χ2v) is 7.32. The number of rotatable bonds is 7. The molecule has 0 radical (unpaired) electrons. The maximum absolute atomic E-state index is 13.7. The van der Waals surface area contributed by atoms with Crippen LogP contribution in [0.15, 0.2) is 53.4 Å². The number of amides is 1. The summed E-state index contributed by atoms with van der Waals surface area (Å²) >= 11 is 1.06. The summed E-state index contributed by atoms with van der Waals surface area (Å²) in [6, 6.07) is 13.0. The first-order valence-electron chi connectivity index (χ1n) is 8.84. The average Bonchev–Trinajstić information content (AvgIpc) is 2.68. The summed E-state index contributed by atoms with van der Waals surface area (Å²) < 4.78 is 32.1. The Hall–Kier alpha value is -1.96. The average molecular weight is 392 g/mol. The summed E-state index contributed by atoms with van der Waals surface area (Å²) in [7, 11) is 0. The van der Waals surface area contributed by atoms with E-state index >= 15 is 0 Å². The zero-order chi connectivity index (χ0) is 19.1. The first-order valence-corrected chi connectivity index (χ1v) is 9.82. The van der Waals surface area contributed by atoms with Crippen molar-refractivity contribution in [2.24, 2.45) is 0 Å². The van der Waals surface area contributed by atoms with Crippen molar-refractivity contribution in [1.82, 2.24) is 10.2 Å². The lowest BCUT2D eigenvalue weighted by Crippen LogP contribution is -2.43. The van der Waals surface area contributed by atoms with E-state index in [9.17, 15) is 13.6 Å². The van der Waals surface area contributed by atoms with Crippen molar-refractivity contribution in [2.45, 2.75) is 10.9 Å². The summed E-state index contributed by atoms with van der Waals surface area (Å²) in [5, 5.41) is 3.04. The molecule has 0 aliphatic carbocycles. The summed E-state index contributed by atoms with van der Waals surface area (Å²) in [4.78, 5) is 15.0. The molecule has 1 saturated heterocycles. The fourth-order valence-electron chi connectivity index (χ4n) is 2.93. The Kier molecular flexibility index (Phi) is 7.20. The summed E-state index contributed by atoms with van der Waals surface area (Å²) in [6.07, 6.45) is 0. The number of nitrogens with zero attached hydrogens (tertiary/aromatic N) is 1. The normalized spacial score (nSPS) is 16.1. The maximum Gasteiger partial charge on any atom is 0.230 e. The molecule has 2 aromatic carbocycles. The molecule has 0 spiro atoms. The van der Waals surface area contributed by atoms with Gasteiger partial charge in [0.2, 0.25) is 5.91 Å². The highest BCUT2D eigenvalue weighted by atomic mass is 32.2. The Bertz CT molecular complexity index is 755. The minimum absolute atomic E-state index is 0.0645. The van der Waals surface area contributed by atoms with Gasteiger partial charge in [0.05, 0.1) is 25.0 Å². The van der Waals surface area contributed by atoms with Gasteiger partial charge >= 0.3 is 0 Å². The van der Waals surface area contributed by atoms with Crippen molar-refractivity contribution < 1.29 is 18.3 Å². The number of hydrogen-bond acceptors (Lipinski definition) is 4. The second kappa shape index (κ2) is 9.82. The van der Waals surface area contributed by atoms with E-state index in [-0.39, 0.29) is 22.6 Å². The number of thioether (sulfide) groups is 1. The number of ether oxygens (including phenoxy) is 1. The molecule has 0 bridgehead atoms. The molecule has 1 atom stereocenters. The molecule has 7 heteroatoms. The van der Waals surface area contributed by atoms with E-state index in [2.05, 4.69) is 10.2 Å².